The zero-order valence-electron chi connectivity index (χ0n) is 12.5. The van der Waals surface area contributed by atoms with Gasteiger partial charge in [0.05, 0.1) is 17.8 Å². The summed E-state index contributed by atoms with van der Waals surface area (Å²) >= 11 is 0. The Morgan fingerprint density at radius 2 is 1.96 bits per heavy atom. The van der Waals surface area contributed by atoms with E-state index in [1.54, 1.807) is 12.1 Å². The molecule has 0 saturated carbocycles. The van der Waals surface area contributed by atoms with Crippen molar-refractivity contribution in [1.82, 2.24) is 15.1 Å². The number of hydrogen-bond donors (Lipinski definition) is 2. The molecule has 0 bridgehead atoms. The molecule has 1 aliphatic heterocycles. The van der Waals surface area contributed by atoms with Crippen LogP contribution in [0.3, 0.4) is 0 Å². The predicted octanol–water partition coefficient (Wildman–Crippen LogP) is 2.86. The minimum absolute atomic E-state index is 0. The van der Waals surface area contributed by atoms with Gasteiger partial charge in [0.25, 0.3) is 0 Å². The van der Waals surface area contributed by atoms with E-state index < -0.39 is 11.9 Å². The molecular formula is C15H16ClF3N4O. The first-order valence-corrected chi connectivity index (χ1v) is 7.18. The molecule has 1 fully saturated rings. The SMILES string of the molecule is Cl.O=C(Nc1ccc(-n2nccc2C(F)(F)F)cc1)[C@@H]1CCNC1. The lowest BCUT2D eigenvalue weighted by Crippen LogP contribution is -2.24. The summed E-state index contributed by atoms with van der Waals surface area (Å²) in [6.07, 6.45) is -2.59. The monoisotopic (exact) mass is 360 g/mol. The van der Waals surface area contributed by atoms with Crippen LogP contribution in [-0.2, 0) is 11.0 Å². The van der Waals surface area contributed by atoms with Gasteiger partial charge in [-0.2, -0.15) is 18.3 Å². The largest absolute Gasteiger partial charge is 0.433 e. The highest BCUT2D eigenvalue weighted by molar-refractivity contribution is 5.93. The van der Waals surface area contributed by atoms with Crippen molar-refractivity contribution < 1.29 is 18.0 Å². The first kappa shape index (κ1) is 18.3. The quantitative estimate of drug-likeness (QED) is 0.885. The normalized spacial score (nSPS) is 17.4. The number of benzene rings is 1. The van der Waals surface area contributed by atoms with E-state index in [0.717, 1.165) is 29.9 Å². The highest BCUT2D eigenvalue weighted by Crippen LogP contribution is 2.30. The summed E-state index contributed by atoms with van der Waals surface area (Å²) in [5.41, 5.74) is -0.0134. The van der Waals surface area contributed by atoms with E-state index >= 15 is 0 Å². The van der Waals surface area contributed by atoms with Crippen LogP contribution < -0.4 is 10.6 Å². The number of amides is 1. The average molecular weight is 361 g/mol. The Kier molecular flexibility index (Phi) is 5.51. The van der Waals surface area contributed by atoms with Gasteiger partial charge in [-0.3, -0.25) is 4.79 Å². The van der Waals surface area contributed by atoms with E-state index in [9.17, 15) is 18.0 Å². The molecule has 0 aliphatic carbocycles. The number of hydrogen-bond acceptors (Lipinski definition) is 3. The molecule has 0 radical (unpaired) electrons. The second-order valence-corrected chi connectivity index (χ2v) is 5.35. The van der Waals surface area contributed by atoms with Crippen LogP contribution in [0.5, 0.6) is 0 Å². The van der Waals surface area contributed by atoms with Gasteiger partial charge in [-0.15, -0.1) is 12.4 Å². The lowest BCUT2D eigenvalue weighted by Gasteiger charge is -2.12. The summed E-state index contributed by atoms with van der Waals surface area (Å²) in [7, 11) is 0. The van der Waals surface area contributed by atoms with Crippen LogP contribution in [0.25, 0.3) is 5.69 Å². The fraction of sp³-hybridized carbons (Fsp3) is 0.333. The molecular weight excluding hydrogens is 345 g/mol. The van der Waals surface area contributed by atoms with Crippen molar-refractivity contribution in [2.75, 3.05) is 18.4 Å². The molecule has 24 heavy (non-hydrogen) atoms. The van der Waals surface area contributed by atoms with E-state index in [0.29, 0.717) is 12.2 Å². The van der Waals surface area contributed by atoms with Gasteiger partial charge in [-0.25, -0.2) is 4.68 Å². The fourth-order valence-electron chi connectivity index (χ4n) is 2.53. The minimum Gasteiger partial charge on any atom is -0.326 e. The maximum Gasteiger partial charge on any atom is 0.433 e. The maximum atomic E-state index is 12.9. The Morgan fingerprint density at radius 1 is 1.25 bits per heavy atom. The van der Waals surface area contributed by atoms with Crippen LogP contribution in [0.4, 0.5) is 18.9 Å². The van der Waals surface area contributed by atoms with E-state index in [4.69, 9.17) is 0 Å². The third kappa shape index (κ3) is 3.88. The summed E-state index contributed by atoms with van der Waals surface area (Å²) in [6, 6.07) is 7.03. The van der Waals surface area contributed by atoms with Crippen LogP contribution in [0, 0.1) is 5.92 Å². The highest BCUT2D eigenvalue weighted by atomic mass is 35.5. The molecule has 3 rings (SSSR count). The van der Waals surface area contributed by atoms with Gasteiger partial charge in [0.2, 0.25) is 5.91 Å². The molecule has 0 spiro atoms. The van der Waals surface area contributed by atoms with Gasteiger partial charge >= 0.3 is 6.18 Å². The molecule has 130 valence electrons. The molecule has 1 aromatic carbocycles. The van der Waals surface area contributed by atoms with Crippen molar-refractivity contribution >= 4 is 24.0 Å². The summed E-state index contributed by atoms with van der Waals surface area (Å²) in [4.78, 5) is 12.0. The first-order valence-electron chi connectivity index (χ1n) is 7.18. The molecule has 1 amide bonds. The van der Waals surface area contributed by atoms with E-state index in [2.05, 4.69) is 15.7 Å². The van der Waals surface area contributed by atoms with Gasteiger partial charge in [0.1, 0.15) is 5.69 Å². The Balaban J connectivity index is 0.00000208. The number of rotatable bonds is 3. The van der Waals surface area contributed by atoms with Crippen molar-refractivity contribution in [3.05, 3.63) is 42.2 Å². The van der Waals surface area contributed by atoms with Crippen LogP contribution in [0.2, 0.25) is 0 Å². The smallest absolute Gasteiger partial charge is 0.326 e. The average Bonchev–Trinajstić information content (AvgIpc) is 3.19. The van der Waals surface area contributed by atoms with Crippen molar-refractivity contribution in [3.8, 4) is 5.69 Å². The standard InChI is InChI=1S/C15H15F3N4O.ClH/c16-15(17,18)13-6-8-20-22(13)12-3-1-11(2-4-12)21-14(23)10-5-7-19-9-10;/h1-4,6,8,10,19H,5,7,9H2,(H,21,23);1H/t10-;/m1./s1. The van der Waals surface area contributed by atoms with Crippen molar-refractivity contribution in [3.63, 3.8) is 0 Å². The van der Waals surface area contributed by atoms with Crippen LogP contribution in [0.1, 0.15) is 12.1 Å². The van der Waals surface area contributed by atoms with Gasteiger partial charge in [-0.1, -0.05) is 0 Å². The molecule has 2 aromatic rings. The summed E-state index contributed by atoms with van der Waals surface area (Å²) in [6.45, 7) is 1.46. The van der Waals surface area contributed by atoms with E-state index in [1.165, 1.54) is 12.1 Å². The minimum atomic E-state index is -4.47. The second kappa shape index (κ2) is 7.23. The zero-order valence-corrected chi connectivity index (χ0v) is 13.3. The number of alkyl halides is 3. The molecule has 9 heteroatoms. The molecule has 1 aromatic heterocycles. The molecule has 1 aliphatic rings. The third-order valence-electron chi connectivity index (χ3n) is 3.74. The Hall–Kier alpha value is -2.06. The molecule has 2 heterocycles. The molecule has 5 nitrogen and oxygen atoms in total. The van der Waals surface area contributed by atoms with Crippen LogP contribution in [0.15, 0.2) is 36.5 Å². The van der Waals surface area contributed by atoms with Crippen molar-refractivity contribution in [1.29, 1.82) is 0 Å². The van der Waals surface area contributed by atoms with Gasteiger partial charge in [0.15, 0.2) is 0 Å². The van der Waals surface area contributed by atoms with Crippen LogP contribution >= 0.6 is 12.4 Å². The first-order chi connectivity index (χ1) is 10.9. The number of anilines is 1. The van der Waals surface area contributed by atoms with Crippen molar-refractivity contribution in [2.24, 2.45) is 5.92 Å². The number of nitrogens with zero attached hydrogens (tertiary/aromatic N) is 2. The maximum absolute atomic E-state index is 12.9. The van der Waals surface area contributed by atoms with Gasteiger partial charge in [-0.05, 0) is 43.3 Å². The number of halogens is 4. The van der Waals surface area contributed by atoms with Crippen LogP contribution in [-0.4, -0.2) is 28.8 Å². The van der Waals surface area contributed by atoms with E-state index in [-0.39, 0.29) is 29.9 Å². The Bertz CT molecular complexity index is 693. The number of aromatic nitrogens is 2. The number of carbonyl (C=O) groups is 1. The predicted molar refractivity (Wildman–Crippen MR) is 85.4 cm³/mol. The highest BCUT2D eigenvalue weighted by Gasteiger charge is 2.35. The Labute approximate surface area is 142 Å². The van der Waals surface area contributed by atoms with Gasteiger partial charge < -0.3 is 10.6 Å². The molecule has 1 saturated heterocycles. The van der Waals surface area contributed by atoms with Crippen molar-refractivity contribution in [2.45, 2.75) is 12.6 Å². The summed E-state index contributed by atoms with van der Waals surface area (Å²) in [5.74, 6) is -0.157. The molecule has 2 N–H and O–H groups in total. The summed E-state index contributed by atoms with van der Waals surface area (Å²) < 4.78 is 39.4. The fourth-order valence-corrected chi connectivity index (χ4v) is 2.53. The number of nitrogens with one attached hydrogen (secondary N) is 2. The molecule has 1 atom stereocenters. The number of carbonyl (C=O) groups excluding carboxylic acids is 1. The lowest BCUT2D eigenvalue weighted by molar-refractivity contribution is -0.142. The van der Waals surface area contributed by atoms with Gasteiger partial charge in [0, 0.05) is 12.2 Å². The lowest BCUT2D eigenvalue weighted by atomic mass is 10.1. The second-order valence-electron chi connectivity index (χ2n) is 5.35. The zero-order chi connectivity index (χ0) is 16.4. The summed E-state index contributed by atoms with van der Waals surface area (Å²) in [5, 5.41) is 9.59. The third-order valence-corrected chi connectivity index (χ3v) is 3.74. The Morgan fingerprint density at radius 3 is 2.54 bits per heavy atom. The van der Waals surface area contributed by atoms with E-state index in [1.807, 2.05) is 0 Å². The topological polar surface area (TPSA) is 59.0 Å². The molecule has 0 unspecified atom stereocenters.